The molecule has 0 radical (unpaired) electrons. The van der Waals surface area contributed by atoms with Crippen LogP contribution in [0.1, 0.15) is 0 Å². The molecule has 134 valence electrons. The first-order chi connectivity index (χ1) is 13.2. The van der Waals surface area contributed by atoms with E-state index in [0.29, 0.717) is 33.4 Å². The lowest BCUT2D eigenvalue weighted by molar-refractivity contribution is 0.457. The molecule has 2 aromatic carbocycles. The van der Waals surface area contributed by atoms with Crippen LogP contribution in [0, 0.1) is 0 Å². The van der Waals surface area contributed by atoms with Crippen LogP contribution in [0.2, 0.25) is 5.02 Å². The summed E-state index contributed by atoms with van der Waals surface area (Å²) in [4.78, 5) is 22.1. The van der Waals surface area contributed by atoms with E-state index in [1.165, 1.54) is 17.0 Å². The minimum absolute atomic E-state index is 0.232. The van der Waals surface area contributed by atoms with Gasteiger partial charge in [-0.05, 0) is 36.6 Å². The number of ether oxygens (including phenoxy) is 1. The second-order valence-electron chi connectivity index (χ2n) is 5.63. The molecule has 0 saturated heterocycles. The van der Waals surface area contributed by atoms with Gasteiger partial charge >= 0.3 is 0 Å². The Morgan fingerprint density at radius 2 is 1.78 bits per heavy atom. The quantitative estimate of drug-likeness (QED) is 0.458. The van der Waals surface area contributed by atoms with E-state index in [4.69, 9.17) is 16.3 Å². The highest BCUT2D eigenvalue weighted by molar-refractivity contribution is 7.98. The van der Waals surface area contributed by atoms with Crippen molar-refractivity contribution in [2.24, 2.45) is 0 Å². The first-order valence-corrected chi connectivity index (χ1v) is 9.72. The monoisotopic (exact) mass is 395 g/mol. The summed E-state index contributed by atoms with van der Waals surface area (Å²) in [7, 11) is 0. The van der Waals surface area contributed by atoms with Gasteiger partial charge in [-0.25, -0.2) is 9.97 Å². The summed E-state index contributed by atoms with van der Waals surface area (Å²) in [5.74, 6) is 1.07. The highest BCUT2D eigenvalue weighted by Crippen LogP contribution is 2.33. The first kappa shape index (κ1) is 17.6. The van der Waals surface area contributed by atoms with Crippen LogP contribution in [0.3, 0.4) is 0 Å². The molecule has 0 fully saturated rings. The smallest absolute Gasteiger partial charge is 0.256 e. The minimum atomic E-state index is -0.232. The lowest BCUT2D eigenvalue weighted by atomic mass is 10.2. The number of hydrogen-bond acceptors (Lipinski definition) is 5. The van der Waals surface area contributed by atoms with Crippen LogP contribution in [0.4, 0.5) is 0 Å². The van der Waals surface area contributed by atoms with Crippen LogP contribution >= 0.6 is 23.4 Å². The molecular weight excluding hydrogens is 382 g/mol. The van der Waals surface area contributed by atoms with Gasteiger partial charge in [0.1, 0.15) is 12.1 Å². The molecule has 0 saturated carbocycles. The summed E-state index contributed by atoms with van der Waals surface area (Å²) in [6.45, 7) is 0. The SMILES string of the molecule is CSc1ccccc1Oc1ncnc2c1ccc(=O)n2-c1ccccc1Cl. The van der Waals surface area contributed by atoms with Gasteiger partial charge < -0.3 is 4.74 Å². The van der Waals surface area contributed by atoms with E-state index in [1.807, 2.05) is 42.7 Å². The predicted octanol–water partition coefficient (Wildman–Crippen LogP) is 4.95. The number of pyridine rings is 1. The Kier molecular flexibility index (Phi) is 4.83. The van der Waals surface area contributed by atoms with Gasteiger partial charge in [0.15, 0.2) is 5.65 Å². The lowest BCUT2D eigenvalue weighted by Crippen LogP contribution is -2.18. The average molecular weight is 396 g/mol. The first-order valence-electron chi connectivity index (χ1n) is 8.11. The molecule has 4 rings (SSSR count). The van der Waals surface area contributed by atoms with E-state index in [0.717, 1.165) is 4.90 Å². The molecule has 5 nitrogen and oxygen atoms in total. The van der Waals surface area contributed by atoms with E-state index in [-0.39, 0.29) is 5.56 Å². The van der Waals surface area contributed by atoms with Crippen LogP contribution in [0.5, 0.6) is 11.6 Å². The molecule has 0 aliphatic heterocycles. The van der Waals surface area contributed by atoms with Crippen LogP contribution in [0.25, 0.3) is 16.7 Å². The third kappa shape index (κ3) is 3.29. The second kappa shape index (κ2) is 7.42. The fourth-order valence-electron chi connectivity index (χ4n) is 2.78. The summed E-state index contributed by atoms with van der Waals surface area (Å²) < 4.78 is 7.52. The number of aromatic nitrogens is 3. The number of halogens is 1. The minimum Gasteiger partial charge on any atom is -0.437 e. The van der Waals surface area contributed by atoms with Gasteiger partial charge in [0.2, 0.25) is 5.88 Å². The van der Waals surface area contributed by atoms with Crippen molar-refractivity contribution < 1.29 is 4.74 Å². The normalized spacial score (nSPS) is 10.9. The van der Waals surface area contributed by atoms with E-state index in [1.54, 1.807) is 30.0 Å². The molecule has 2 aromatic heterocycles. The van der Waals surface area contributed by atoms with Crippen molar-refractivity contribution in [1.29, 1.82) is 0 Å². The number of rotatable bonds is 4. The predicted molar refractivity (Wildman–Crippen MR) is 108 cm³/mol. The third-order valence-corrected chi connectivity index (χ3v) is 5.12. The Morgan fingerprint density at radius 3 is 2.59 bits per heavy atom. The zero-order valence-electron chi connectivity index (χ0n) is 14.3. The summed E-state index contributed by atoms with van der Waals surface area (Å²) in [6.07, 6.45) is 3.36. The topological polar surface area (TPSA) is 57.0 Å². The van der Waals surface area contributed by atoms with Crippen molar-refractivity contribution in [1.82, 2.24) is 14.5 Å². The van der Waals surface area contributed by atoms with E-state index >= 15 is 0 Å². The number of nitrogens with zero attached hydrogens (tertiary/aromatic N) is 3. The van der Waals surface area contributed by atoms with Crippen molar-refractivity contribution in [2.45, 2.75) is 4.90 Å². The van der Waals surface area contributed by atoms with Gasteiger partial charge in [-0.3, -0.25) is 9.36 Å². The van der Waals surface area contributed by atoms with Crippen LogP contribution in [0.15, 0.2) is 76.7 Å². The second-order valence-corrected chi connectivity index (χ2v) is 6.88. The molecule has 27 heavy (non-hydrogen) atoms. The molecule has 0 atom stereocenters. The maximum Gasteiger partial charge on any atom is 0.256 e. The Balaban J connectivity index is 1.92. The van der Waals surface area contributed by atoms with Crippen LogP contribution in [-0.2, 0) is 0 Å². The van der Waals surface area contributed by atoms with E-state index in [2.05, 4.69) is 9.97 Å². The van der Waals surface area contributed by atoms with E-state index in [9.17, 15) is 4.79 Å². The Bertz CT molecular complexity index is 1190. The standard InChI is InChI=1S/C20H14ClN3O2S/c1-27-17-9-5-4-8-16(17)26-20-13-10-11-18(25)24(19(13)22-12-23-20)15-7-3-2-6-14(15)21/h2-12H,1H3. The molecule has 0 bridgehead atoms. The lowest BCUT2D eigenvalue weighted by Gasteiger charge is -2.13. The number of thioether (sulfide) groups is 1. The van der Waals surface area contributed by atoms with Gasteiger partial charge in [0.25, 0.3) is 5.56 Å². The molecule has 0 amide bonds. The molecule has 7 heteroatoms. The Hall–Kier alpha value is -2.83. The maximum atomic E-state index is 12.6. The maximum absolute atomic E-state index is 12.6. The van der Waals surface area contributed by atoms with Crippen molar-refractivity contribution in [2.75, 3.05) is 6.26 Å². The molecule has 2 heterocycles. The Morgan fingerprint density at radius 1 is 1.00 bits per heavy atom. The zero-order chi connectivity index (χ0) is 18.8. The van der Waals surface area contributed by atoms with Gasteiger partial charge in [-0.2, -0.15) is 0 Å². The fraction of sp³-hybridized carbons (Fsp3) is 0.0500. The van der Waals surface area contributed by atoms with E-state index < -0.39 is 0 Å². The van der Waals surface area contributed by atoms with Gasteiger partial charge in [-0.15, -0.1) is 11.8 Å². The summed E-state index contributed by atoms with van der Waals surface area (Å²) >= 11 is 7.89. The highest BCUT2D eigenvalue weighted by atomic mass is 35.5. The van der Waals surface area contributed by atoms with Crippen LogP contribution in [-0.4, -0.2) is 20.8 Å². The van der Waals surface area contributed by atoms with Gasteiger partial charge in [0.05, 0.1) is 16.1 Å². The number of benzene rings is 2. The molecule has 0 aliphatic rings. The van der Waals surface area contributed by atoms with Crippen molar-refractivity contribution >= 4 is 34.4 Å². The fourth-order valence-corrected chi connectivity index (χ4v) is 3.53. The third-order valence-electron chi connectivity index (χ3n) is 4.02. The summed E-state index contributed by atoms with van der Waals surface area (Å²) in [5.41, 5.74) is 0.760. The molecule has 4 aromatic rings. The van der Waals surface area contributed by atoms with Crippen molar-refractivity contribution in [3.8, 4) is 17.3 Å². The summed E-state index contributed by atoms with van der Waals surface area (Å²) in [6, 6.07) is 18.0. The van der Waals surface area contributed by atoms with Gasteiger partial charge in [-0.1, -0.05) is 35.9 Å². The Labute approximate surface area is 164 Å². The number of fused-ring (bicyclic) bond motifs is 1. The molecule has 0 aliphatic carbocycles. The van der Waals surface area contributed by atoms with Gasteiger partial charge in [0, 0.05) is 11.0 Å². The average Bonchev–Trinajstić information content (AvgIpc) is 2.69. The molecule has 0 unspecified atom stereocenters. The van der Waals surface area contributed by atoms with Crippen LogP contribution < -0.4 is 10.3 Å². The molecule has 0 N–H and O–H groups in total. The van der Waals surface area contributed by atoms with Crippen molar-refractivity contribution in [3.63, 3.8) is 0 Å². The highest BCUT2D eigenvalue weighted by Gasteiger charge is 2.15. The molecule has 0 spiro atoms. The largest absolute Gasteiger partial charge is 0.437 e. The van der Waals surface area contributed by atoms with Crippen molar-refractivity contribution in [3.05, 3.63) is 82.4 Å². The zero-order valence-corrected chi connectivity index (χ0v) is 15.9. The summed E-state index contributed by atoms with van der Waals surface area (Å²) in [5, 5.41) is 1.08. The number of para-hydroxylation sites is 2. The number of hydrogen-bond donors (Lipinski definition) is 0. The molecular formula is C20H14ClN3O2S.